The van der Waals surface area contributed by atoms with Crippen molar-refractivity contribution in [3.05, 3.63) is 0 Å². The topological polar surface area (TPSA) is 96.2 Å². The molecule has 0 aliphatic carbocycles. The highest BCUT2D eigenvalue weighted by Crippen LogP contribution is 2.05. The Bertz CT molecular complexity index is 171. The van der Waals surface area contributed by atoms with Crippen molar-refractivity contribution in [3.8, 4) is 0 Å². The molecule has 0 saturated carbocycles. The lowest BCUT2D eigenvalue weighted by Gasteiger charge is -2.23. The third-order valence-corrected chi connectivity index (χ3v) is 1.77. The second kappa shape index (κ2) is 6.86. The van der Waals surface area contributed by atoms with Crippen molar-refractivity contribution >= 4 is 5.78 Å². The van der Waals surface area contributed by atoms with Crippen LogP contribution in [0.4, 0.5) is 0 Å². The molecule has 14 heavy (non-hydrogen) atoms. The van der Waals surface area contributed by atoms with Gasteiger partial charge in [-0.15, -0.1) is 0 Å². The van der Waals surface area contributed by atoms with Crippen LogP contribution in [0.15, 0.2) is 0 Å². The minimum absolute atomic E-state index is 0.111. The lowest BCUT2D eigenvalue weighted by atomic mass is 10.1. The summed E-state index contributed by atoms with van der Waals surface area (Å²) in [6.07, 6.45) is -3.86. The van der Waals surface area contributed by atoms with E-state index in [4.69, 9.17) is 5.11 Å². The maximum Gasteiger partial charge on any atom is 0.189 e. The van der Waals surface area contributed by atoms with Gasteiger partial charge in [0.1, 0.15) is 24.9 Å². The predicted octanol–water partition coefficient (Wildman–Crippen LogP) is -2.07. The van der Waals surface area contributed by atoms with Crippen molar-refractivity contribution in [1.82, 2.24) is 0 Å². The van der Waals surface area contributed by atoms with E-state index in [1.54, 1.807) is 0 Å². The van der Waals surface area contributed by atoms with Gasteiger partial charge in [-0.3, -0.25) is 4.79 Å². The van der Waals surface area contributed by atoms with Crippen LogP contribution in [0.1, 0.15) is 0 Å². The molecule has 0 unspecified atom stereocenters. The van der Waals surface area contributed by atoms with Gasteiger partial charge < -0.3 is 24.8 Å². The Hall–Kier alpha value is -0.530. The third-order valence-electron chi connectivity index (χ3n) is 1.77. The molecule has 0 amide bonds. The van der Waals surface area contributed by atoms with E-state index in [-0.39, 0.29) is 6.61 Å². The van der Waals surface area contributed by atoms with Gasteiger partial charge in [-0.05, 0) is 0 Å². The fraction of sp³-hybridized carbons (Fsp3) is 0.875. The average molecular weight is 208 g/mol. The monoisotopic (exact) mass is 208 g/mol. The molecule has 0 rings (SSSR count). The molecule has 0 saturated heterocycles. The minimum atomic E-state index is -1.40. The molecule has 6 nitrogen and oxygen atoms in total. The van der Waals surface area contributed by atoms with Crippen LogP contribution < -0.4 is 0 Å². The molecule has 6 heteroatoms. The fourth-order valence-electron chi connectivity index (χ4n) is 1.02. The Kier molecular flexibility index (Phi) is 6.60. The van der Waals surface area contributed by atoms with Gasteiger partial charge in [0.2, 0.25) is 0 Å². The summed E-state index contributed by atoms with van der Waals surface area (Å²) in [6, 6.07) is 0. The van der Waals surface area contributed by atoms with E-state index in [1.165, 1.54) is 14.2 Å². The first kappa shape index (κ1) is 13.5. The molecule has 3 atom stereocenters. The number of methoxy groups -OCH3 is 2. The van der Waals surface area contributed by atoms with Crippen LogP contribution in [0, 0.1) is 0 Å². The largest absolute Gasteiger partial charge is 0.388 e. The average Bonchev–Trinajstić information content (AvgIpc) is 2.18. The summed E-state index contributed by atoms with van der Waals surface area (Å²) in [7, 11) is 2.56. The van der Waals surface area contributed by atoms with E-state index < -0.39 is 30.7 Å². The van der Waals surface area contributed by atoms with Gasteiger partial charge in [0.15, 0.2) is 5.78 Å². The quantitative estimate of drug-likeness (QED) is 0.445. The first-order valence-electron chi connectivity index (χ1n) is 4.09. The Morgan fingerprint density at radius 2 is 1.93 bits per heavy atom. The number of aliphatic hydroxyl groups is 3. The number of hydrogen-bond acceptors (Lipinski definition) is 6. The highest BCUT2D eigenvalue weighted by atomic mass is 16.5. The fourth-order valence-corrected chi connectivity index (χ4v) is 1.02. The van der Waals surface area contributed by atoms with Crippen LogP contribution in [0.2, 0.25) is 0 Å². The summed E-state index contributed by atoms with van der Waals surface area (Å²) < 4.78 is 9.25. The summed E-state index contributed by atoms with van der Waals surface area (Å²) >= 11 is 0. The van der Waals surface area contributed by atoms with Crippen molar-refractivity contribution in [3.63, 3.8) is 0 Å². The van der Waals surface area contributed by atoms with Crippen LogP contribution >= 0.6 is 0 Å². The molecule has 0 spiro atoms. The summed E-state index contributed by atoms with van der Waals surface area (Å²) in [5.41, 5.74) is 0. The summed E-state index contributed by atoms with van der Waals surface area (Å²) in [6.45, 7) is -0.852. The maximum atomic E-state index is 11.0. The second-order valence-electron chi connectivity index (χ2n) is 2.79. The molecule has 84 valence electrons. The number of ether oxygens (including phenoxy) is 2. The van der Waals surface area contributed by atoms with Crippen LogP contribution in [0.25, 0.3) is 0 Å². The van der Waals surface area contributed by atoms with Crippen LogP contribution in [-0.4, -0.2) is 66.8 Å². The van der Waals surface area contributed by atoms with Crippen molar-refractivity contribution in [1.29, 1.82) is 0 Å². The smallest absolute Gasteiger partial charge is 0.189 e. The van der Waals surface area contributed by atoms with Gasteiger partial charge in [0.05, 0.1) is 6.61 Å². The third kappa shape index (κ3) is 3.69. The van der Waals surface area contributed by atoms with E-state index in [1.807, 2.05) is 0 Å². The maximum absolute atomic E-state index is 11.0. The molecular weight excluding hydrogens is 192 g/mol. The molecule has 0 aromatic rings. The Morgan fingerprint density at radius 1 is 1.36 bits per heavy atom. The molecule has 0 heterocycles. The summed E-state index contributed by atoms with van der Waals surface area (Å²) in [5, 5.41) is 27.2. The van der Waals surface area contributed by atoms with Gasteiger partial charge in [-0.2, -0.15) is 0 Å². The van der Waals surface area contributed by atoms with E-state index in [0.717, 1.165) is 0 Å². The number of carbonyl (C=O) groups is 1. The Labute approximate surface area is 82.1 Å². The van der Waals surface area contributed by atoms with E-state index in [9.17, 15) is 15.0 Å². The van der Waals surface area contributed by atoms with Crippen LogP contribution in [0.3, 0.4) is 0 Å². The van der Waals surface area contributed by atoms with Crippen LogP contribution in [-0.2, 0) is 14.3 Å². The SMILES string of the molecule is COC[C@@H](O)[C@H](O)[C@H](OC)C(=O)CO. The molecule has 0 aromatic carbocycles. The van der Waals surface area contributed by atoms with Crippen molar-refractivity contribution in [2.45, 2.75) is 18.3 Å². The summed E-state index contributed by atoms with van der Waals surface area (Å²) in [4.78, 5) is 11.0. The van der Waals surface area contributed by atoms with E-state index >= 15 is 0 Å². The Balaban J connectivity index is 4.29. The molecule has 3 N–H and O–H groups in total. The number of Topliss-reactive ketones (excluding diaryl/α,β-unsaturated/α-hetero) is 1. The molecule has 0 aliphatic heterocycles. The minimum Gasteiger partial charge on any atom is -0.388 e. The van der Waals surface area contributed by atoms with Gasteiger partial charge in [0.25, 0.3) is 0 Å². The molecule has 0 fully saturated rings. The van der Waals surface area contributed by atoms with E-state index in [2.05, 4.69) is 9.47 Å². The van der Waals surface area contributed by atoms with Crippen molar-refractivity contribution in [2.75, 3.05) is 27.4 Å². The molecule has 0 bridgehead atoms. The van der Waals surface area contributed by atoms with Gasteiger partial charge in [-0.1, -0.05) is 0 Å². The first-order chi connectivity index (χ1) is 6.58. The number of rotatable bonds is 7. The normalized spacial score (nSPS) is 17.5. The molecule has 0 aliphatic rings. The Morgan fingerprint density at radius 3 is 2.29 bits per heavy atom. The highest BCUT2D eigenvalue weighted by molar-refractivity contribution is 5.84. The highest BCUT2D eigenvalue weighted by Gasteiger charge is 2.31. The van der Waals surface area contributed by atoms with Crippen molar-refractivity contribution in [2.24, 2.45) is 0 Å². The molecule has 0 aromatic heterocycles. The number of hydrogen-bond donors (Lipinski definition) is 3. The zero-order valence-corrected chi connectivity index (χ0v) is 8.21. The van der Waals surface area contributed by atoms with Gasteiger partial charge in [-0.25, -0.2) is 0 Å². The zero-order valence-electron chi connectivity index (χ0n) is 8.21. The van der Waals surface area contributed by atoms with Gasteiger partial charge >= 0.3 is 0 Å². The first-order valence-corrected chi connectivity index (χ1v) is 4.09. The zero-order chi connectivity index (χ0) is 11.1. The number of ketones is 1. The van der Waals surface area contributed by atoms with Gasteiger partial charge in [0, 0.05) is 14.2 Å². The van der Waals surface area contributed by atoms with Crippen LogP contribution in [0.5, 0.6) is 0 Å². The molecular formula is C8H16O6. The lowest BCUT2D eigenvalue weighted by molar-refractivity contribution is -0.147. The van der Waals surface area contributed by atoms with Crippen molar-refractivity contribution < 1.29 is 29.6 Å². The standard InChI is InChI=1S/C8H16O6/c1-13-4-6(11)7(12)8(14-2)5(10)3-9/h6-9,11-12H,3-4H2,1-2H3/t6-,7+,8-/m1/s1. The van der Waals surface area contributed by atoms with E-state index in [0.29, 0.717) is 0 Å². The predicted molar refractivity (Wildman–Crippen MR) is 46.8 cm³/mol. The lowest BCUT2D eigenvalue weighted by Crippen LogP contribution is -2.46. The molecule has 0 radical (unpaired) electrons. The second-order valence-corrected chi connectivity index (χ2v) is 2.79. The summed E-state index contributed by atoms with van der Waals surface area (Å²) in [5.74, 6) is -0.685. The number of carbonyl (C=O) groups excluding carboxylic acids is 1. The number of aliphatic hydroxyl groups excluding tert-OH is 3.